The predicted octanol–water partition coefficient (Wildman–Crippen LogP) is 7.04. The number of hydrogen-bond donors (Lipinski definition) is 0. The molecule has 1 saturated heterocycles. The van der Waals surface area contributed by atoms with Gasteiger partial charge in [-0.1, -0.05) is 36.4 Å². The summed E-state index contributed by atoms with van der Waals surface area (Å²) < 4.78 is 15.5. The zero-order valence-electron chi connectivity index (χ0n) is 18.8. The van der Waals surface area contributed by atoms with E-state index in [-0.39, 0.29) is 11.7 Å². The molecule has 1 aliphatic heterocycles. The Bertz CT molecular complexity index is 1410. The number of amides is 1. The van der Waals surface area contributed by atoms with E-state index in [1.54, 1.807) is 17.0 Å². The number of halogens is 1. The molecule has 4 aromatic rings. The lowest BCUT2D eigenvalue weighted by molar-refractivity contribution is -0.113. The normalized spacial score (nSPS) is 16.1. The zero-order chi connectivity index (χ0) is 23.7. The van der Waals surface area contributed by atoms with E-state index < -0.39 is 0 Å². The van der Waals surface area contributed by atoms with Gasteiger partial charge in [0.25, 0.3) is 5.91 Å². The molecule has 0 bridgehead atoms. The molecular weight excluding hydrogens is 445 g/mol. The first-order chi connectivity index (χ1) is 16.5. The van der Waals surface area contributed by atoms with Crippen LogP contribution in [0, 0.1) is 19.7 Å². The molecule has 0 unspecified atom stereocenters. The van der Waals surface area contributed by atoms with Crippen molar-refractivity contribution in [3.05, 3.63) is 119 Å². The first kappa shape index (κ1) is 21.9. The Morgan fingerprint density at radius 1 is 0.853 bits per heavy atom. The van der Waals surface area contributed by atoms with Crippen LogP contribution in [0.3, 0.4) is 0 Å². The van der Waals surface area contributed by atoms with E-state index in [0.717, 1.165) is 34.0 Å². The molecule has 1 aliphatic rings. The van der Waals surface area contributed by atoms with Gasteiger partial charge < -0.3 is 4.57 Å². The lowest BCUT2D eigenvalue weighted by Gasteiger charge is -2.15. The van der Waals surface area contributed by atoms with Crippen molar-refractivity contribution in [3.63, 3.8) is 0 Å². The smallest absolute Gasteiger partial charge is 0.271 e. The van der Waals surface area contributed by atoms with Gasteiger partial charge in [0, 0.05) is 17.1 Å². The van der Waals surface area contributed by atoms with Gasteiger partial charge in [-0.2, -0.15) is 0 Å². The fourth-order valence-electron chi connectivity index (χ4n) is 4.03. The minimum absolute atomic E-state index is 0.113. The van der Waals surface area contributed by atoms with Gasteiger partial charge in [0.2, 0.25) is 0 Å². The summed E-state index contributed by atoms with van der Waals surface area (Å²) in [6.45, 7) is 4.00. The minimum Gasteiger partial charge on any atom is -0.318 e. The van der Waals surface area contributed by atoms with Crippen LogP contribution in [0.25, 0.3) is 11.8 Å². The first-order valence-corrected chi connectivity index (χ1v) is 11.7. The highest BCUT2D eigenvalue weighted by Crippen LogP contribution is 2.38. The largest absolute Gasteiger partial charge is 0.318 e. The predicted molar refractivity (Wildman–Crippen MR) is 138 cm³/mol. The molecular formula is C28H22FN3OS. The topological polar surface area (TPSA) is 37.6 Å². The van der Waals surface area contributed by atoms with E-state index in [1.807, 2.05) is 86.7 Å². The molecule has 1 fully saturated rings. The number of aliphatic imine (C=N–C) groups is 1. The number of nitrogens with zero attached hydrogens (tertiary/aromatic N) is 3. The van der Waals surface area contributed by atoms with Crippen molar-refractivity contribution in [3.8, 4) is 5.69 Å². The van der Waals surface area contributed by atoms with E-state index in [1.165, 1.54) is 23.9 Å². The third-order valence-electron chi connectivity index (χ3n) is 5.64. The van der Waals surface area contributed by atoms with E-state index >= 15 is 0 Å². The summed E-state index contributed by atoms with van der Waals surface area (Å²) in [5.41, 5.74) is 5.36. The SMILES string of the molecule is Cc1cc(/C=C2\SC(=Nc3ccccc3)N(c3ccccc3)C2=O)c(C)n1-c1ccc(F)cc1. The average molecular weight is 468 g/mol. The third-order valence-corrected chi connectivity index (χ3v) is 6.61. The number of benzene rings is 3. The summed E-state index contributed by atoms with van der Waals surface area (Å²) >= 11 is 1.36. The van der Waals surface area contributed by atoms with E-state index in [2.05, 4.69) is 4.57 Å². The molecule has 0 N–H and O–H groups in total. The second-order valence-electron chi connectivity index (χ2n) is 7.95. The average Bonchev–Trinajstić information content (AvgIpc) is 3.30. The summed E-state index contributed by atoms with van der Waals surface area (Å²) in [5, 5.41) is 0.612. The number of amidine groups is 1. The molecule has 4 nitrogen and oxygen atoms in total. The Morgan fingerprint density at radius 3 is 2.18 bits per heavy atom. The van der Waals surface area contributed by atoms with E-state index in [4.69, 9.17) is 4.99 Å². The lowest BCUT2D eigenvalue weighted by Crippen LogP contribution is -2.28. The highest BCUT2D eigenvalue weighted by molar-refractivity contribution is 8.19. The number of anilines is 1. The van der Waals surface area contributed by atoms with Crippen molar-refractivity contribution >= 4 is 40.3 Å². The van der Waals surface area contributed by atoms with Gasteiger partial charge in [-0.15, -0.1) is 0 Å². The minimum atomic E-state index is -0.271. The molecule has 168 valence electrons. The molecule has 3 aromatic carbocycles. The number of hydrogen-bond acceptors (Lipinski definition) is 3. The van der Waals surface area contributed by atoms with Crippen LogP contribution >= 0.6 is 11.8 Å². The standard InChI is InChI=1S/C28H22FN3OS/c1-19-17-21(20(2)31(19)25-15-13-22(29)14-16-25)18-26-27(33)32(24-11-7-4-8-12-24)28(34-26)30-23-9-5-3-6-10-23/h3-18H,1-2H3/b26-18-,30-28?. The number of aryl methyl sites for hydroxylation is 1. The van der Waals surface area contributed by atoms with Gasteiger partial charge in [-0.3, -0.25) is 9.69 Å². The van der Waals surface area contributed by atoms with Crippen LogP contribution in [0.5, 0.6) is 0 Å². The molecule has 6 heteroatoms. The Kier molecular flexibility index (Phi) is 5.90. The fraction of sp³-hybridized carbons (Fsp3) is 0.0714. The maximum Gasteiger partial charge on any atom is 0.271 e. The van der Waals surface area contributed by atoms with Crippen LogP contribution in [0.15, 0.2) is 101 Å². The van der Waals surface area contributed by atoms with Crippen molar-refractivity contribution in [1.82, 2.24) is 4.57 Å². The summed E-state index contributed by atoms with van der Waals surface area (Å²) in [6.07, 6.45) is 1.92. The third kappa shape index (κ3) is 4.20. The first-order valence-electron chi connectivity index (χ1n) is 10.9. The Balaban J connectivity index is 1.56. The molecule has 0 spiro atoms. The molecule has 2 heterocycles. The van der Waals surface area contributed by atoms with Gasteiger partial charge in [0.1, 0.15) is 5.82 Å². The van der Waals surface area contributed by atoms with Gasteiger partial charge in [-0.25, -0.2) is 9.38 Å². The van der Waals surface area contributed by atoms with Crippen LogP contribution < -0.4 is 4.90 Å². The summed E-state index contributed by atoms with van der Waals surface area (Å²) in [6, 6.07) is 27.6. The molecule has 0 radical (unpaired) electrons. The lowest BCUT2D eigenvalue weighted by atomic mass is 10.2. The maximum atomic E-state index is 13.5. The molecule has 34 heavy (non-hydrogen) atoms. The maximum absolute atomic E-state index is 13.5. The second kappa shape index (κ2) is 9.15. The summed E-state index contributed by atoms with van der Waals surface area (Å²) in [7, 11) is 0. The number of carbonyl (C=O) groups excluding carboxylic acids is 1. The summed E-state index contributed by atoms with van der Waals surface area (Å²) in [4.78, 5) is 20.5. The zero-order valence-corrected chi connectivity index (χ0v) is 19.6. The van der Waals surface area contributed by atoms with Gasteiger partial charge >= 0.3 is 0 Å². The van der Waals surface area contributed by atoms with Crippen molar-refractivity contribution in [2.75, 3.05) is 4.90 Å². The Morgan fingerprint density at radius 2 is 1.50 bits per heavy atom. The number of carbonyl (C=O) groups is 1. The molecule has 0 aliphatic carbocycles. The summed E-state index contributed by atoms with van der Waals surface area (Å²) in [5.74, 6) is -0.384. The number of aromatic nitrogens is 1. The van der Waals surface area contributed by atoms with Crippen LogP contribution in [-0.4, -0.2) is 15.6 Å². The Labute approximate surface area is 202 Å². The second-order valence-corrected chi connectivity index (χ2v) is 8.96. The van der Waals surface area contributed by atoms with E-state index in [0.29, 0.717) is 10.1 Å². The molecule has 0 saturated carbocycles. The highest BCUT2D eigenvalue weighted by atomic mass is 32.2. The monoisotopic (exact) mass is 467 g/mol. The molecule has 5 rings (SSSR count). The fourth-order valence-corrected chi connectivity index (χ4v) is 5.02. The molecule has 1 aromatic heterocycles. The van der Waals surface area contributed by atoms with Crippen molar-refractivity contribution in [2.45, 2.75) is 13.8 Å². The quantitative estimate of drug-likeness (QED) is 0.302. The van der Waals surface area contributed by atoms with Crippen LogP contribution in [0.1, 0.15) is 17.0 Å². The Hall–Kier alpha value is -3.90. The highest BCUT2D eigenvalue weighted by Gasteiger charge is 2.35. The van der Waals surface area contributed by atoms with Crippen molar-refractivity contribution < 1.29 is 9.18 Å². The van der Waals surface area contributed by atoms with Crippen LogP contribution in [0.2, 0.25) is 0 Å². The number of rotatable bonds is 4. The van der Waals surface area contributed by atoms with Crippen molar-refractivity contribution in [2.24, 2.45) is 4.99 Å². The van der Waals surface area contributed by atoms with Crippen LogP contribution in [0.4, 0.5) is 15.8 Å². The van der Waals surface area contributed by atoms with Gasteiger partial charge in [0.05, 0.1) is 16.3 Å². The van der Waals surface area contributed by atoms with Gasteiger partial charge in [0.15, 0.2) is 5.17 Å². The number of para-hydroxylation sites is 2. The number of thioether (sulfide) groups is 1. The van der Waals surface area contributed by atoms with Crippen LogP contribution in [-0.2, 0) is 4.79 Å². The van der Waals surface area contributed by atoms with Gasteiger partial charge in [-0.05, 0) is 91.8 Å². The molecule has 0 atom stereocenters. The molecule has 1 amide bonds. The van der Waals surface area contributed by atoms with Crippen molar-refractivity contribution in [1.29, 1.82) is 0 Å². The van der Waals surface area contributed by atoms with E-state index in [9.17, 15) is 9.18 Å².